The third-order valence-corrected chi connectivity index (χ3v) is 2.25. The fourth-order valence-corrected chi connectivity index (χ4v) is 1.45. The van der Waals surface area contributed by atoms with Gasteiger partial charge in [-0.2, -0.15) is 0 Å². The molecule has 0 fully saturated rings. The van der Waals surface area contributed by atoms with Gasteiger partial charge in [-0.3, -0.25) is 0 Å². The van der Waals surface area contributed by atoms with Gasteiger partial charge in [-0.15, -0.1) is 0 Å². The molecule has 0 amide bonds. The SMILES string of the molecule is C=CC(C)Oc1c(F)cc(CC(C)N)cc1F. The van der Waals surface area contributed by atoms with E-state index >= 15 is 0 Å². The number of hydrogen-bond donors (Lipinski definition) is 1. The molecule has 0 aliphatic rings. The summed E-state index contributed by atoms with van der Waals surface area (Å²) in [5, 5.41) is 0. The van der Waals surface area contributed by atoms with Crippen LogP contribution in [0.15, 0.2) is 24.8 Å². The minimum atomic E-state index is -0.714. The van der Waals surface area contributed by atoms with Crippen molar-refractivity contribution in [1.82, 2.24) is 0 Å². The average molecular weight is 241 g/mol. The van der Waals surface area contributed by atoms with E-state index in [0.717, 1.165) is 0 Å². The van der Waals surface area contributed by atoms with Gasteiger partial charge in [0.05, 0.1) is 0 Å². The summed E-state index contributed by atoms with van der Waals surface area (Å²) < 4.78 is 32.3. The Morgan fingerprint density at radius 3 is 2.29 bits per heavy atom. The number of ether oxygens (including phenoxy) is 1. The van der Waals surface area contributed by atoms with Crippen molar-refractivity contribution in [2.24, 2.45) is 5.73 Å². The van der Waals surface area contributed by atoms with Gasteiger partial charge in [0.2, 0.25) is 0 Å². The molecule has 2 nitrogen and oxygen atoms in total. The Kier molecular flexibility index (Phi) is 4.63. The second kappa shape index (κ2) is 5.77. The van der Waals surface area contributed by atoms with Crippen molar-refractivity contribution in [3.63, 3.8) is 0 Å². The number of hydrogen-bond acceptors (Lipinski definition) is 2. The lowest BCUT2D eigenvalue weighted by Gasteiger charge is -2.13. The highest BCUT2D eigenvalue weighted by molar-refractivity contribution is 5.32. The first-order valence-electron chi connectivity index (χ1n) is 5.46. The largest absolute Gasteiger partial charge is 0.481 e. The Morgan fingerprint density at radius 2 is 1.88 bits per heavy atom. The van der Waals surface area contributed by atoms with Crippen LogP contribution in [0, 0.1) is 11.6 Å². The molecule has 17 heavy (non-hydrogen) atoms. The van der Waals surface area contributed by atoms with Crippen molar-refractivity contribution in [2.45, 2.75) is 32.4 Å². The quantitative estimate of drug-likeness (QED) is 0.804. The summed E-state index contributed by atoms with van der Waals surface area (Å²) in [6.07, 6.45) is 1.44. The summed E-state index contributed by atoms with van der Waals surface area (Å²) in [4.78, 5) is 0. The first kappa shape index (κ1) is 13.6. The zero-order valence-corrected chi connectivity index (χ0v) is 10.0. The Balaban J connectivity index is 2.97. The van der Waals surface area contributed by atoms with Crippen LogP contribution in [-0.2, 0) is 6.42 Å². The van der Waals surface area contributed by atoms with E-state index in [1.807, 2.05) is 0 Å². The summed E-state index contributed by atoms with van der Waals surface area (Å²) in [5.41, 5.74) is 6.10. The third-order valence-electron chi connectivity index (χ3n) is 2.25. The minimum absolute atomic E-state index is 0.146. The van der Waals surface area contributed by atoms with Crippen molar-refractivity contribution in [3.8, 4) is 5.75 Å². The molecule has 0 radical (unpaired) electrons. The van der Waals surface area contributed by atoms with Crippen LogP contribution in [0.5, 0.6) is 5.75 Å². The van der Waals surface area contributed by atoms with Crippen LogP contribution >= 0.6 is 0 Å². The molecule has 0 heterocycles. The Bertz CT molecular complexity index is 381. The molecule has 94 valence electrons. The molecular weight excluding hydrogens is 224 g/mol. The zero-order chi connectivity index (χ0) is 13.0. The predicted molar refractivity (Wildman–Crippen MR) is 64.0 cm³/mol. The lowest BCUT2D eigenvalue weighted by Crippen LogP contribution is -2.18. The van der Waals surface area contributed by atoms with Gasteiger partial charge in [0.1, 0.15) is 6.10 Å². The van der Waals surface area contributed by atoms with E-state index in [2.05, 4.69) is 6.58 Å². The van der Waals surface area contributed by atoms with Crippen LogP contribution in [0.25, 0.3) is 0 Å². The fourth-order valence-electron chi connectivity index (χ4n) is 1.45. The first-order valence-corrected chi connectivity index (χ1v) is 5.46. The molecule has 1 rings (SSSR count). The summed E-state index contributed by atoms with van der Waals surface area (Å²) in [5.74, 6) is -1.80. The molecule has 0 aliphatic heterocycles. The van der Waals surface area contributed by atoms with E-state index in [1.165, 1.54) is 18.2 Å². The van der Waals surface area contributed by atoms with Crippen LogP contribution < -0.4 is 10.5 Å². The Morgan fingerprint density at radius 1 is 1.35 bits per heavy atom. The number of halogens is 2. The molecule has 0 aliphatic carbocycles. The number of benzene rings is 1. The highest BCUT2D eigenvalue weighted by Gasteiger charge is 2.14. The van der Waals surface area contributed by atoms with E-state index in [4.69, 9.17) is 10.5 Å². The zero-order valence-electron chi connectivity index (χ0n) is 10.0. The molecule has 2 unspecified atom stereocenters. The minimum Gasteiger partial charge on any atom is -0.481 e. The Labute approximate surface area is 100 Å². The van der Waals surface area contributed by atoms with Crippen molar-refractivity contribution >= 4 is 0 Å². The Hall–Kier alpha value is -1.42. The van der Waals surface area contributed by atoms with Crippen LogP contribution in [0.3, 0.4) is 0 Å². The first-order chi connectivity index (χ1) is 7.93. The maximum Gasteiger partial charge on any atom is 0.191 e. The molecule has 0 aromatic heterocycles. The molecule has 4 heteroatoms. The topological polar surface area (TPSA) is 35.2 Å². The molecule has 0 saturated heterocycles. The van der Waals surface area contributed by atoms with Crippen LogP contribution in [0.2, 0.25) is 0 Å². The van der Waals surface area contributed by atoms with Crippen LogP contribution in [-0.4, -0.2) is 12.1 Å². The summed E-state index contributed by atoms with van der Waals surface area (Å²) in [7, 11) is 0. The molecule has 0 bridgehead atoms. The van der Waals surface area contributed by atoms with E-state index < -0.39 is 17.7 Å². The highest BCUT2D eigenvalue weighted by Crippen LogP contribution is 2.25. The van der Waals surface area contributed by atoms with Gasteiger partial charge in [-0.25, -0.2) is 8.78 Å². The second-order valence-corrected chi connectivity index (χ2v) is 4.13. The van der Waals surface area contributed by atoms with Gasteiger partial charge in [0.15, 0.2) is 17.4 Å². The maximum absolute atomic E-state index is 13.6. The standard InChI is InChI=1S/C13H17F2NO/c1-4-9(3)17-13-11(14)6-10(5-8(2)16)7-12(13)15/h4,6-9H,1,5,16H2,2-3H3. The molecule has 0 saturated carbocycles. The van der Waals surface area contributed by atoms with Gasteiger partial charge in [-0.05, 0) is 38.0 Å². The van der Waals surface area contributed by atoms with Crippen molar-refractivity contribution in [3.05, 3.63) is 42.0 Å². The average Bonchev–Trinajstić information content (AvgIpc) is 2.22. The van der Waals surface area contributed by atoms with Crippen molar-refractivity contribution < 1.29 is 13.5 Å². The predicted octanol–water partition coefficient (Wildman–Crippen LogP) is 2.81. The highest BCUT2D eigenvalue weighted by atomic mass is 19.1. The second-order valence-electron chi connectivity index (χ2n) is 4.13. The summed E-state index contributed by atoms with van der Waals surface area (Å²) >= 11 is 0. The van der Waals surface area contributed by atoms with Gasteiger partial charge in [0, 0.05) is 6.04 Å². The molecule has 1 aromatic carbocycles. The van der Waals surface area contributed by atoms with Crippen molar-refractivity contribution in [1.29, 1.82) is 0 Å². The normalized spacial score (nSPS) is 14.2. The van der Waals surface area contributed by atoms with Gasteiger partial charge in [-0.1, -0.05) is 12.7 Å². The molecule has 0 spiro atoms. The maximum atomic E-state index is 13.6. The van der Waals surface area contributed by atoms with E-state index in [-0.39, 0.29) is 11.8 Å². The van der Waals surface area contributed by atoms with E-state index in [9.17, 15) is 8.78 Å². The van der Waals surface area contributed by atoms with E-state index in [1.54, 1.807) is 13.8 Å². The molecule has 2 N–H and O–H groups in total. The molecule has 1 aromatic rings. The van der Waals surface area contributed by atoms with Crippen LogP contribution in [0.4, 0.5) is 8.78 Å². The van der Waals surface area contributed by atoms with Gasteiger partial charge < -0.3 is 10.5 Å². The fraction of sp³-hybridized carbons (Fsp3) is 0.385. The van der Waals surface area contributed by atoms with Gasteiger partial charge in [0.25, 0.3) is 0 Å². The number of nitrogens with two attached hydrogens (primary N) is 1. The van der Waals surface area contributed by atoms with Gasteiger partial charge >= 0.3 is 0 Å². The van der Waals surface area contributed by atoms with Crippen LogP contribution in [0.1, 0.15) is 19.4 Å². The van der Waals surface area contributed by atoms with Crippen molar-refractivity contribution in [2.75, 3.05) is 0 Å². The molecular formula is C13H17F2NO. The summed E-state index contributed by atoms with van der Waals surface area (Å²) in [6, 6.07) is 2.35. The lowest BCUT2D eigenvalue weighted by molar-refractivity contribution is 0.243. The number of rotatable bonds is 5. The summed E-state index contributed by atoms with van der Waals surface area (Å²) in [6.45, 7) is 6.92. The van der Waals surface area contributed by atoms with E-state index in [0.29, 0.717) is 12.0 Å². The lowest BCUT2D eigenvalue weighted by atomic mass is 10.1. The third kappa shape index (κ3) is 3.82. The monoisotopic (exact) mass is 241 g/mol. The smallest absolute Gasteiger partial charge is 0.191 e. The molecule has 2 atom stereocenters.